The zero-order valence-corrected chi connectivity index (χ0v) is 8.25. The van der Waals surface area contributed by atoms with Gasteiger partial charge in [-0.25, -0.2) is 0 Å². The fourth-order valence-electron chi connectivity index (χ4n) is 0.671. The van der Waals surface area contributed by atoms with E-state index in [0.717, 1.165) is 0 Å². The van der Waals surface area contributed by atoms with Crippen molar-refractivity contribution in [3.05, 3.63) is 0 Å². The Morgan fingerprint density at radius 1 is 0.889 bits per heavy atom. The summed E-state index contributed by atoms with van der Waals surface area (Å²) in [6.45, 7) is 10.1. The summed E-state index contributed by atoms with van der Waals surface area (Å²) in [4.78, 5) is 2.38. The van der Waals surface area contributed by atoms with E-state index < -0.39 is 0 Å². The van der Waals surface area contributed by atoms with Gasteiger partial charge >= 0.3 is 0 Å². The molecule has 0 aromatic carbocycles. The Bertz CT molecular complexity index is 34.5. The van der Waals surface area contributed by atoms with Crippen LogP contribution in [0.4, 0.5) is 0 Å². The molecule has 0 radical (unpaired) electrons. The molecule has 0 spiro atoms. The zero-order chi connectivity index (χ0) is 5.70. The first kappa shape index (κ1) is 16.4. The molecule has 0 aromatic heterocycles. The van der Waals surface area contributed by atoms with Gasteiger partial charge in [-0.05, 0) is 19.6 Å². The Kier molecular flexibility index (Phi) is 21.0. The molecule has 0 unspecified atom stereocenters. The summed E-state index contributed by atoms with van der Waals surface area (Å²) in [6.07, 6.45) is 0. The Hall–Kier alpha value is 0.769. The largest absolute Gasteiger partial charge is 0.304 e. The molecule has 0 saturated carbocycles. The molecular formula is C6H16ClFeN. The number of hydrogen-bond donors (Lipinski definition) is 0. The first-order valence-corrected chi connectivity index (χ1v) is 3.07. The predicted octanol–water partition coefficient (Wildman–Crippen LogP) is 1.77. The Morgan fingerprint density at radius 3 is 1.11 bits per heavy atom. The summed E-state index contributed by atoms with van der Waals surface area (Å²) >= 11 is 0. The van der Waals surface area contributed by atoms with Crippen molar-refractivity contribution < 1.29 is 17.1 Å². The predicted molar refractivity (Wildman–Crippen MR) is 40.7 cm³/mol. The second-order valence-electron chi connectivity index (χ2n) is 1.62. The summed E-state index contributed by atoms with van der Waals surface area (Å²) in [5.74, 6) is 0. The molecule has 0 heterocycles. The maximum atomic E-state index is 2.38. The van der Waals surface area contributed by atoms with Gasteiger partial charge in [-0.1, -0.05) is 20.8 Å². The van der Waals surface area contributed by atoms with E-state index >= 15 is 0 Å². The second kappa shape index (κ2) is 11.6. The van der Waals surface area contributed by atoms with Crippen LogP contribution in [-0.2, 0) is 17.1 Å². The first-order chi connectivity index (χ1) is 3.35. The van der Waals surface area contributed by atoms with E-state index in [1.165, 1.54) is 19.6 Å². The fourth-order valence-corrected chi connectivity index (χ4v) is 0.671. The van der Waals surface area contributed by atoms with Crippen molar-refractivity contribution in [2.75, 3.05) is 19.6 Å². The van der Waals surface area contributed by atoms with Gasteiger partial charge in [0.15, 0.2) is 0 Å². The van der Waals surface area contributed by atoms with Crippen molar-refractivity contribution in [2.24, 2.45) is 0 Å². The van der Waals surface area contributed by atoms with Crippen LogP contribution in [0.25, 0.3) is 0 Å². The van der Waals surface area contributed by atoms with Crippen LogP contribution in [-0.4, -0.2) is 24.5 Å². The summed E-state index contributed by atoms with van der Waals surface area (Å²) in [7, 11) is 0. The normalized spacial score (nSPS) is 8.00. The van der Waals surface area contributed by atoms with E-state index in [0.29, 0.717) is 0 Å². The van der Waals surface area contributed by atoms with Gasteiger partial charge in [-0.3, -0.25) is 0 Å². The molecular weight excluding hydrogens is 177 g/mol. The third kappa shape index (κ3) is 8.77. The van der Waals surface area contributed by atoms with Gasteiger partial charge in [0.2, 0.25) is 0 Å². The van der Waals surface area contributed by atoms with Gasteiger partial charge < -0.3 is 4.90 Å². The minimum absolute atomic E-state index is 0. The first-order valence-electron chi connectivity index (χ1n) is 3.07. The fraction of sp³-hybridized carbons (Fsp3) is 1.00. The van der Waals surface area contributed by atoms with Crippen molar-refractivity contribution in [1.82, 2.24) is 4.90 Å². The molecule has 60 valence electrons. The molecule has 0 N–H and O–H groups in total. The SMILES string of the molecule is CCN(CC)CC.Cl.[Fe]. The molecule has 0 saturated heterocycles. The Morgan fingerprint density at radius 2 is 1.11 bits per heavy atom. The Labute approximate surface area is 75.1 Å². The van der Waals surface area contributed by atoms with Crippen LogP contribution in [0.2, 0.25) is 0 Å². The topological polar surface area (TPSA) is 3.24 Å². The molecule has 0 aliphatic rings. The van der Waals surface area contributed by atoms with Crippen molar-refractivity contribution in [3.63, 3.8) is 0 Å². The molecule has 0 fully saturated rings. The average Bonchev–Trinajstić information content (AvgIpc) is 1.72. The van der Waals surface area contributed by atoms with Crippen LogP contribution >= 0.6 is 12.4 Å². The molecule has 0 aliphatic carbocycles. The zero-order valence-electron chi connectivity index (χ0n) is 6.33. The van der Waals surface area contributed by atoms with Gasteiger partial charge in [-0.15, -0.1) is 12.4 Å². The standard InChI is InChI=1S/C6H15N.ClH.Fe/c1-4-7(5-2)6-3;;/h4-6H2,1-3H3;1H;. The van der Waals surface area contributed by atoms with Gasteiger partial charge in [0.1, 0.15) is 0 Å². The van der Waals surface area contributed by atoms with Crippen LogP contribution in [0.5, 0.6) is 0 Å². The molecule has 9 heavy (non-hydrogen) atoms. The van der Waals surface area contributed by atoms with E-state index in [1.54, 1.807) is 0 Å². The third-order valence-electron chi connectivity index (χ3n) is 1.34. The summed E-state index contributed by atoms with van der Waals surface area (Å²) in [5, 5.41) is 0. The maximum Gasteiger partial charge on any atom is 0 e. The van der Waals surface area contributed by atoms with E-state index in [1.807, 2.05) is 0 Å². The molecule has 0 bridgehead atoms. The molecule has 3 heteroatoms. The van der Waals surface area contributed by atoms with Gasteiger partial charge in [0, 0.05) is 17.1 Å². The summed E-state index contributed by atoms with van der Waals surface area (Å²) in [6, 6.07) is 0. The quantitative estimate of drug-likeness (QED) is 0.618. The van der Waals surface area contributed by atoms with E-state index in [4.69, 9.17) is 0 Å². The molecule has 0 aliphatic heterocycles. The minimum Gasteiger partial charge on any atom is -0.304 e. The summed E-state index contributed by atoms with van der Waals surface area (Å²) < 4.78 is 0. The third-order valence-corrected chi connectivity index (χ3v) is 1.34. The van der Waals surface area contributed by atoms with Crippen LogP contribution in [0, 0.1) is 0 Å². The summed E-state index contributed by atoms with van der Waals surface area (Å²) in [5.41, 5.74) is 0. The van der Waals surface area contributed by atoms with Crippen LogP contribution in [0.3, 0.4) is 0 Å². The van der Waals surface area contributed by atoms with Gasteiger partial charge in [0.25, 0.3) is 0 Å². The minimum atomic E-state index is 0. The van der Waals surface area contributed by atoms with Crippen molar-refractivity contribution in [1.29, 1.82) is 0 Å². The van der Waals surface area contributed by atoms with Crippen LogP contribution < -0.4 is 0 Å². The number of nitrogens with zero attached hydrogens (tertiary/aromatic N) is 1. The molecule has 0 amide bonds. The van der Waals surface area contributed by atoms with Crippen LogP contribution in [0.15, 0.2) is 0 Å². The molecule has 0 rings (SSSR count). The number of halogens is 1. The maximum absolute atomic E-state index is 2.38. The van der Waals surface area contributed by atoms with E-state index in [9.17, 15) is 0 Å². The monoisotopic (exact) mass is 193 g/mol. The van der Waals surface area contributed by atoms with E-state index in [-0.39, 0.29) is 29.5 Å². The van der Waals surface area contributed by atoms with Gasteiger partial charge in [0.05, 0.1) is 0 Å². The van der Waals surface area contributed by atoms with Crippen molar-refractivity contribution in [2.45, 2.75) is 20.8 Å². The average molecular weight is 193 g/mol. The van der Waals surface area contributed by atoms with Crippen LogP contribution in [0.1, 0.15) is 20.8 Å². The number of rotatable bonds is 3. The number of hydrogen-bond acceptors (Lipinski definition) is 1. The molecule has 0 atom stereocenters. The van der Waals surface area contributed by atoms with Gasteiger partial charge in [-0.2, -0.15) is 0 Å². The van der Waals surface area contributed by atoms with E-state index in [2.05, 4.69) is 25.7 Å². The Balaban J connectivity index is -0.000000180. The van der Waals surface area contributed by atoms with Crippen molar-refractivity contribution >= 4 is 12.4 Å². The molecule has 1 nitrogen and oxygen atoms in total. The second-order valence-corrected chi connectivity index (χ2v) is 1.62. The smallest absolute Gasteiger partial charge is 0 e. The van der Waals surface area contributed by atoms with Crippen molar-refractivity contribution in [3.8, 4) is 0 Å². The molecule has 0 aromatic rings.